The van der Waals surface area contributed by atoms with Crippen LogP contribution in [-0.2, 0) is 13.0 Å². The third-order valence-electron chi connectivity index (χ3n) is 5.03. The number of imidazole rings is 1. The lowest BCUT2D eigenvalue weighted by Gasteiger charge is -2.11. The van der Waals surface area contributed by atoms with Crippen LogP contribution in [0.5, 0.6) is 0 Å². The van der Waals surface area contributed by atoms with Crippen LogP contribution >= 0.6 is 0 Å². The van der Waals surface area contributed by atoms with Crippen LogP contribution in [0.1, 0.15) is 53.8 Å². The molecule has 1 saturated carbocycles. The van der Waals surface area contributed by atoms with Gasteiger partial charge in [-0.2, -0.15) is 0 Å². The summed E-state index contributed by atoms with van der Waals surface area (Å²) in [5.74, 6) is 2.00. The maximum Gasteiger partial charge on any atom is 0.277 e. The van der Waals surface area contributed by atoms with E-state index in [-0.39, 0.29) is 5.91 Å². The Labute approximate surface area is 151 Å². The summed E-state index contributed by atoms with van der Waals surface area (Å²) in [5.41, 5.74) is 3.11. The summed E-state index contributed by atoms with van der Waals surface area (Å²) in [7, 11) is 0. The number of benzene rings is 1. The van der Waals surface area contributed by atoms with Crippen LogP contribution in [0, 0.1) is 0 Å². The SMILES string of the molecule is O=C(Nc1ccc(-c2cn3c(n2)CCCC3)cc1)c1coc(C2CC2)n1. The van der Waals surface area contributed by atoms with E-state index in [1.807, 2.05) is 24.3 Å². The number of nitrogens with zero attached hydrogens (tertiary/aromatic N) is 3. The lowest BCUT2D eigenvalue weighted by molar-refractivity contribution is 0.102. The molecule has 3 heterocycles. The molecule has 26 heavy (non-hydrogen) atoms. The molecule has 1 N–H and O–H groups in total. The van der Waals surface area contributed by atoms with Gasteiger partial charge in [0.15, 0.2) is 11.6 Å². The fourth-order valence-corrected chi connectivity index (χ4v) is 3.38. The standard InChI is InChI=1S/C20H20N4O2/c25-19(17-12-26-20(23-17)14-4-5-14)21-15-8-6-13(7-9-15)16-11-24-10-2-1-3-18(24)22-16/h6-9,11-12,14H,1-5,10H2,(H,21,25). The number of aromatic nitrogens is 3. The average molecular weight is 348 g/mol. The van der Waals surface area contributed by atoms with Gasteiger partial charge in [0.05, 0.1) is 5.69 Å². The summed E-state index contributed by atoms with van der Waals surface area (Å²) in [4.78, 5) is 21.3. The highest BCUT2D eigenvalue weighted by molar-refractivity contribution is 6.02. The minimum atomic E-state index is -0.245. The first kappa shape index (κ1) is 15.4. The topological polar surface area (TPSA) is 73.0 Å². The quantitative estimate of drug-likeness (QED) is 0.773. The first-order chi connectivity index (χ1) is 12.8. The number of amides is 1. The van der Waals surface area contributed by atoms with Crippen molar-refractivity contribution < 1.29 is 9.21 Å². The highest BCUT2D eigenvalue weighted by Gasteiger charge is 2.29. The normalized spacial score (nSPS) is 16.3. The van der Waals surface area contributed by atoms with E-state index >= 15 is 0 Å². The third-order valence-corrected chi connectivity index (χ3v) is 5.03. The molecule has 0 saturated heterocycles. The number of rotatable bonds is 4. The minimum absolute atomic E-state index is 0.245. The number of hydrogen-bond donors (Lipinski definition) is 1. The van der Waals surface area contributed by atoms with Crippen LogP contribution in [0.15, 0.2) is 41.1 Å². The molecule has 2 aromatic heterocycles. The number of hydrogen-bond acceptors (Lipinski definition) is 4. The second kappa shape index (κ2) is 6.12. The molecule has 2 aliphatic rings. The predicted molar refractivity (Wildman–Crippen MR) is 97.0 cm³/mol. The molecule has 0 bridgehead atoms. The summed E-state index contributed by atoms with van der Waals surface area (Å²) < 4.78 is 7.63. The van der Waals surface area contributed by atoms with Gasteiger partial charge < -0.3 is 14.3 Å². The highest BCUT2D eigenvalue weighted by Crippen LogP contribution is 2.39. The average Bonchev–Trinajstić information content (AvgIpc) is 3.23. The number of oxazole rings is 1. The number of anilines is 1. The van der Waals surface area contributed by atoms with Gasteiger partial charge >= 0.3 is 0 Å². The van der Waals surface area contributed by atoms with Crippen LogP contribution in [0.4, 0.5) is 5.69 Å². The van der Waals surface area contributed by atoms with Crippen LogP contribution in [0.25, 0.3) is 11.3 Å². The molecule has 0 radical (unpaired) electrons. The van der Waals surface area contributed by atoms with E-state index in [1.54, 1.807) is 0 Å². The van der Waals surface area contributed by atoms with Crippen molar-refractivity contribution in [1.29, 1.82) is 0 Å². The maximum atomic E-state index is 12.3. The van der Waals surface area contributed by atoms with Crippen LogP contribution < -0.4 is 5.32 Å². The van der Waals surface area contributed by atoms with Crippen molar-refractivity contribution in [3.8, 4) is 11.3 Å². The number of fused-ring (bicyclic) bond motifs is 1. The molecule has 6 nitrogen and oxygen atoms in total. The van der Waals surface area contributed by atoms with Gasteiger partial charge in [-0.3, -0.25) is 4.79 Å². The van der Waals surface area contributed by atoms with Gasteiger partial charge in [0, 0.05) is 36.3 Å². The zero-order valence-electron chi connectivity index (χ0n) is 14.4. The fraction of sp³-hybridized carbons (Fsp3) is 0.350. The molecule has 0 unspecified atom stereocenters. The molecular weight excluding hydrogens is 328 g/mol. The largest absolute Gasteiger partial charge is 0.448 e. The molecule has 1 fully saturated rings. The summed E-state index contributed by atoms with van der Waals surface area (Å²) in [6.45, 7) is 1.05. The Bertz CT molecular complexity index is 927. The maximum absolute atomic E-state index is 12.3. The van der Waals surface area contributed by atoms with Crippen molar-refractivity contribution in [2.45, 2.75) is 44.6 Å². The predicted octanol–water partition coefficient (Wildman–Crippen LogP) is 4.00. The van der Waals surface area contributed by atoms with E-state index in [1.165, 1.54) is 24.9 Å². The van der Waals surface area contributed by atoms with E-state index in [4.69, 9.17) is 9.40 Å². The zero-order chi connectivity index (χ0) is 17.5. The Hall–Kier alpha value is -2.89. The van der Waals surface area contributed by atoms with Gasteiger partial charge in [-0.1, -0.05) is 12.1 Å². The molecule has 0 atom stereocenters. The monoisotopic (exact) mass is 348 g/mol. The molecule has 1 aromatic carbocycles. The van der Waals surface area contributed by atoms with Gasteiger partial charge in [-0.25, -0.2) is 9.97 Å². The van der Waals surface area contributed by atoms with Crippen molar-refractivity contribution in [3.63, 3.8) is 0 Å². The van der Waals surface area contributed by atoms with Crippen molar-refractivity contribution >= 4 is 11.6 Å². The fourth-order valence-electron chi connectivity index (χ4n) is 3.38. The Balaban J connectivity index is 1.29. The third kappa shape index (κ3) is 2.92. The number of carbonyl (C=O) groups excluding carboxylic acids is 1. The molecule has 5 rings (SSSR count). The molecule has 1 aliphatic heterocycles. The van der Waals surface area contributed by atoms with E-state index in [0.29, 0.717) is 17.5 Å². The second-order valence-corrected chi connectivity index (χ2v) is 7.07. The van der Waals surface area contributed by atoms with Crippen molar-refractivity contribution in [2.24, 2.45) is 0 Å². The lowest BCUT2D eigenvalue weighted by atomic mass is 10.1. The highest BCUT2D eigenvalue weighted by atomic mass is 16.3. The van der Waals surface area contributed by atoms with Gasteiger partial charge in [0.2, 0.25) is 0 Å². The van der Waals surface area contributed by atoms with Gasteiger partial charge in [-0.15, -0.1) is 0 Å². The van der Waals surface area contributed by atoms with E-state index < -0.39 is 0 Å². The zero-order valence-corrected chi connectivity index (χ0v) is 14.4. The Kier molecular flexibility index (Phi) is 3.62. The van der Waals surface area contributed by atoms with Gasteiger partial charge in [0.1, 0.15) is 12.1 Å². The molecular formula is C20H20N4O2. The first-order valence-electron chi connectivity index (χ1n) is 9.19. The lowest BCUT2D eigenvalue weighted by Crippen LogP contribution is -2.12. The second-order valence-electron chi connectivity index (χ2n) is 7.07. The Morgan fingerprint density at radius 3 is 2.77 bits per heavy atom. The van der Waals surface area contributed by atoms with Crippen LogP contribution in [-0.4, -0.2) is 20.4 Å². The summed E-state index contributed by atoms with van der Waals surface area (Å²) in [5, 5.41) is 2.87. The summed E-state index contributed by atoms with van der Waals surface area (Å²) in [6.07, 6.45) is 9.24. The van der Waals surface area contributed by atoms with E-state index in [0.717, 1.165) is 42.8 Å². The van der Waals surface area contributed by atoms with Gasteiger partial charge in [0.25, 0.3) is 5.91 Å². The van der Waals surface area contributed by atoms with Crippen LogP contribution in [0.3, 0.4) is 0 Å². The van der Waals surface area contributed by atoms with E-state index in [9.17, 15) is 4.79 Å². The van der Waals surface area contributed by atoms with Crippen molar-refractivity contribution in [2.75, 3.05) is 5.32 Å². The number of carbonyl (C=O) groups is 1. The molecule has 0 spiro atoms. The number of aryl methyl sites for hydroxylation is 2. The van der Waals surface area contributed by atoms with E-state index in [2.05, 4.69) is 21.1 Å². The smallest absolute Gasteiger partial charge is 0.277 e. The summed E-state index contributed by atoms with van der Waals surface area (Å²) >= 11 is 0. The molecule has 132 valence electrons. The molecule has 3 aromatic rings. The van der Waals surface area contributed by atoms with Crippen LogP contribution in [0.2, 0.25) is 0 Å². The van der Waals surface area contributed by atoms with Gasteiger partial charge in [-0.05, 0) is 37.8 Å². The summed E-state index contributed by atoms with van der Waals surface area (Å²) in [6, 6.07) is 7.77. The Morgan fingerprint density at radius 1 is 1.15 bits per heavy atom. The molecule has 6 heteroatoms. The van der Waals surface area contributed by atoms with Crippen molar-refractivity contribution in [3.05, 3.63) is 54.1 Å². The van der Waals surface area contributed by atoms with Crippen molar-refractivity contribution in [1.82, 2.24) is 14.5 Å². The first-order valence-corrected chi connectivity index (χ1v) is 9.19. The molecule has 1 aliphatic carbocycles. The molecule has 1 amide bonds. The number of nitrogens with one attached hydrogen (secondary N) is 1. The Morgan fingerprint density at radius 2 is 2.00 bits per heavy atom. The minimum Gasteiger partial charge on any atom is -0.448 e.